The number of aliphatic hydroxyl groups excluding tert-OH is 1. The predicted octanol–water partition coefficient (Wildman–Crippen LogP) is 1.23. The average molecular weight is 228 g/mol. The molecule has 0 aromatic heterocycles. The summed E-state index contributed by atoms with van der Waals surface area (Å²) >= 11 is 0. The lowest BCUT2D eigenvalue weighted by atomic mass is 10.0. The summed E-state index contributed by atoms with van der Waals surface area (Å²) in [5.74, 6) is -0.645. The number of halogens is 1. The van der Waals surface area contributed by atoms with Crippen LogP contribution in [0.4, 0.5) is 4.39 Å². The van der Waals surface area contributed by atoms with Crippen molar-refractivity contribution in [2.45, 2.75) is 19.4 Å². The molecular formula is C11H13FO4. The molecule has 1 aromatic carbocycles. The summed E-state index contributed by atoms with van der Waals surface area (Å²) in [7, 11) is 0. The van der Waals surface area contributed by atoms with Crippen molar-refractivity contribution in [1.82, 2.24) is 0 Å². The molecule has 16 heavy (non-hydrogen) atoms. The SMILES string of the molecule is CC(O)Cc1c(O)c(F)cc2c1OCCO2. The zero-order chi connectivity index (χ0) is 11.7. The van der Waals surface area contributed by atoms with Gasteiger partial charge in [0.2, 0.25) is 0 Å². The number of rotatable bonds is 2. The number of phenols is 1. The van der Waals surface area contributed by atoms with Crippen LogP contribution in [0.2, 0.25) is 0 Å². The first-order valence-corrected chi connectivity index (χ1v) is 5.07. The van der Waals surface area contributed by atoms with Gasteiger partial charge in [0.25, 0.3) is 0 Å². The highest BCUT2D eigenvalue weighted by Gasteiger charge is 2.23. The molecule has 0 saturated carbocycles. The zero-order valence-corrected chi connectivity index (χ0v) is 8.86. The molecule has 4 nitrogen and oxygen atoms in total. The van der Waals surface area contributed by atoms with Crippen molar-refractivity contribution in [2.24, 2.45) is 0 Å². The van der Waals surface area contributed by atoms with E-state index in [1.165, 1.54) is 0 Å². The fourth-order valence-electron chi connectivity index (χ4n) is 1.69. The van der Waals surface area contributed by atoms with Crippen molar-refractivity contribution in [3.8, 4) is 17.2 Å². The van der Waals surface area contributed by atoms with Gasteiger partial charge in [0, 0.05) is 18.1 Å². The Morgan fingerprint density at radius 1 is 1.44 bits per heavy atom. The fourth-order valence-corrected chi connectivity index (χ4v) is 1.69. The van der Waals surface area contributed by atoms with Crippen LogP contribution in [-0.4, -0.2) is 29.5 Å². The van der Waals surface area contributed by atoms with Gasteiger partial charge in [0.1, 0.15) is 13.2 Å². The van der Waals surface area contributed by atoms with Crippen molar-refractivity contribution < 1.29 is 24.1 Å². The molecule has 0 aliphatic carbocycles. The number of hydrogen-bond donors (Lipinski definition) is 2. The van der Waals surface area contributed by atoms with Crippen LogP contribution in [0.25, 0.3) is 0 Å². The molecule has 1 aliphatic heterocycles. The number of benzene rings is 1. The van der Waals surface area contributed by atoms with Crippen molar-refractivity contribution >= 4 is 0 Å². The van der Waals surface area contributed by atoms with Crippen LogP contribution in [-0.2, 0) is 6.42 Å². The molecular weight excluding hydrogens is 215 g/mol. The molecule has 1 aliphatic rings. The van der Waals surface area contributed by atoms with Gasteiger partial charge in [-0.05, 0) is 6.92 Å². The zero-order valence-electron chi connectivity index (χ0n) is 8.86. The number of ether oxygens (including phenoxy) is 2. The van der Waals surface area contributed by atoms with Crippen LogP contribution < -0.4 is 9.47 Å². The van der Waals surface area contributed by atoms with E-state index in [0.717, 1.165) is 6.07 Å². The highest BCUT2D eigenvalue weighted by molar-refractivity contribution is 5.55. The summed E-state index contributed by atoms with van der Waals surface area (Å²) in [6, 6.07) is 1.09. The largest absolute Gasteiger partial charge is 0.505 e. The Hall–Kier alpha value is -1.49. The first kappa shape index (κ1) is 11.0. The second kappa shape index (κ2) is 4.17. The number of phenolic OH excluding ortho intramolecular Hbond substituents is 1. The fraction of sp³-hybridized carbons (Fsp3) is 0.455. The maximum Gasteiger partial charge on any atom is 0.169 e. The topological polar surface area (TPSA) is 58.9 Å². The Kier molecular flexibility index (Phi) is 2.87. The Balaban J connectivity index is 2.50. The molecule has 0 bridgehead atoms. The molecule has 1 heterocycles. The lowest BCUT2D eigenvalue weighted by Gasteiger charge is -2.22. The van der Waals surface area contributed by atoms with Crippen LogP contribution in [0.3, 0.4) is 0 Å². The summed E-state index contributed by atoms with van der Waals surface area (Å²) in [6.07, 6.45) is -0.572. The van der Waals surface area contributed by atoms with Crippen molar-refractivity contribution in [2.75, 3.05) is 13.2 Å². The Labute approximate surface area is 92.2 Å². The van der Waals surface area contributed by atoms with E-state index in [9.17, 15) is 14.6 Å². The van der Waals surface area contributed by atoms with Crippen LogP contribution in [0, 0.1) is 5.82 Å². The maximum atomic E-state index is 13.4. The monoisotopic (exact) mass is 228 g/mol. The van der Waals surface area contributed by atoms with Crippen LogP contribution in [0.5, 0.6) is 17.2 Å². The van der Waals surface area contributed by atoms with E-state index in [4.69, 9.17) is 9.47 Å². The Bertz CT molecular complexity index is 403. The van der Waals surface area contributed by atoms with E-state index >= 15 is 0 Å². The second-order valence-corrected chi connectivity index (χ2v) is 3.76. The number of hydrogen-bond acceptors (Lipinski definition) is 4. The average Bonchev–Trinajstić information content (AvgIpc) is 2.24. The van der Waals surface area contributed by atoms with Crippen molar-refractivity contribution in [3.63, 3.8) is 0 Å². The molecule has 5 heteroatoms. The van der Waals surface area contributed by atoms with Crippen molar-refractivity contribution in [3.05, 3.63) is 17.4 Å². The summed E-state index contributed by atoms with van der Waals surface area (Å²) in [4.78, 5) is 0. The van der Waals surface area contributed by atoms with E-state index in [-0.39, 0.29) is 17.7 Å². The molecule has 0 saturated heterocycles. The van der Waals surface area contributed by atoms with Crippen LogP contribution in [0.1, 0.15) is 12.5 Å². The lowest BCUT2D eigenvalue weighted by Crippen LogP contribution is -2.18. The minimum Gasteiger partial charge on any atom is -0.505 e. The molecule has 1 unspecified atom stereocenters. The minimum absolute atomic E-state index is 0.120. The van der Waals surface area contributed by atoms with E-state index in [1.54, 1.807) is 6.92 Å². The third-order valence-corrected chi connectivity index (χ3v) is 2.35. The third kappa shape index (κ3) is 1.90. The van der Waals surface area contributed by atoms with Gasteiger partial charge in [-0.2, -0.15) is 0 Å². The van der Waals surface area contributed by atoms with Gasteiger partial charge in [-0.3, -0.25) is 0 Å². The van der Waals surface area contributed by atoms with E-state index in [2.05, 4.69) is 0 Å². The standard InChI is InChI=1S/C11H13FO4/c1-6(13)4-7-10(14)8(12)5-9-11(7)16-3-2-15-9/h5-6,13-14H,2-4H2,1H3. The van der Waals surface area contributed by atoms with E-state index in [1.807, 2.05) is 0 Å². The molecule has 2 rings (SSSR count). The normalized spacial score (nSPS) is 15.9. The van der Waals surface area contributed by atoms with Gasteiger partial charge in [-0.1, -0.05) is 0 Å². The van der Waals surface area contributed by atoms with Gasteiger partial charge in [-0.15, -0.1) is 0 Å². The van der Waals surface area contributed by atoms with Gasteiger partial charge in [-0.25, -0.2) is 4.39 Å². The van der Waals surface area contributed by atoms with Gasteiger partial charge in [0.05, 0.1) is 6.10 Å². The molecule has 0 fully saturated rings. The molecule has 1 aromatic rings. The van der Waals surface area contributed by atoms with Gasteiger partial charge in [0.15, 0.2) is 23.1 Å². The molecule has 0 radical (unpaired) electrons. The van der Waals surface area contributed by atoms with Crippen molar-refractivity contribution in [1.29, 1.82) is 0 Å². The smallest absolute Gasteiger partial charge is 0.169 e. The number of aromatic hydroxyl groups is 1. The van der Waals surface area contributed by atoms with E-state index in [0.29, 0.717) is 19.0 Å². The summed E-state index contributed by atoms with van der Waals surface area (Å²) in [6.45, 7) is 2.26. The molecule has 0 amide bonds. The molecule has 1 atom stereocenters. The molecule has 88 valence electrons. The van der Waals surface area contributed by atoms with E-state index < -0.39 is 17.7 Å². The molecule has 0 spiro atoms. The minimum atomic E-state index is -0.764. The summed E-state index contributed by atoms with van der Waals surface area (Å²) in [5.41, 5.74) is 0.254. The predicted molar refractivity (Wildman–Crippen MR) is 54.4 cm³/mol. The lowest BCUT2D eigenvalue weighted by molar-refractivity contribution is 0.161. The van der Waals surface area contributed by atoms with Crippen LogP contribution >= 0.6 is 0 Å². The van der Waals surface area contributed by atoms with Gasteiger partial charge >= 0.3 is 0 Å². The quantitative estimate of drug-likeness (QED) is 0.799. The third-order valence-electron chi connectivity index (χ3n) is 2.35. The van der Waals surface area contributed by atoms with Gasteiger partial charge < -0.3 is 19.7 Å². The number of fused-ring (bicyclic) bond motifs is 1. The first-order chi connectivity index (χ1) is 7.59. The number of aliphatic hydroxyl groups is 1. The maximum absolute atomic E-state index is 13.4. The Morgan fingerprint density at radius 3 is 2.81 bits per heavy atom. The Morgan fingerprint density at radius 2 is 2.12 bits per heavy atom. The van der Waals surface area contributed by atoms with Crippen LogP contribution in [0.15, 0.2) is 6.07 Å². The highest BCUT2D eigenvalue weighted by Crippen LogP contribution is 2.41. The highest BCUT2D eigenvalue weighted by atomic mass is 19.1. The summed E-state index contributed by atoms with van der Waals surface area (Å²) in [5, 5.41) is 18.9. The first-order valence-electron chi connectivity index (χ1n) is 5.07. The summed E-state index contributed by atoms with van der Waals surface area (Å²) < 4.78 is 23.9. The second-order valence-electron chi connectivity index (χ2n) is 3.76. The molecule has 2 N–H and O–H groups in total.